The SMILES string of the molecule is CN(CC(=O)Oc1cc(Cl)ccc1Cl)S(=O)(=O)c1ccc(Cl)s1. The van der Waals surface area contributed by atoms with Crippen molar-refractivity contribution in [2.75, 3.05) is 13.6 Å². The van der Waals surface area contributed by atoms with E-state index < -0.39 is 22.5 Å². The molecule has 10 heteroatoms. The number of hydrogen-bond donors (Lipinski definition) is 0. The quantitative estimate of drug-likeness (QED) is 0.549. The molecule has 0 saturated carbocycles. The minimum atomic E-state index is -3.82. The number of esters is 1. The van der Waals surface area contributed by atoms with Gasteiger partial charge < -0.3 is 4.74 Å². The molecule has 0 fully saturated rings. The van der Waals surface area contributed by atoms with Gasteiger partial charge in [-0.2, -0.15) is 4.31 Å². The molecule has 1 heterocycles. The second-order valence-corrected chi connectivity index (χ2v) is 9.20. The Morgan fingerprint density at radius 2 is 1.91 bits per heavy atom. The summed E-state index contributed by atoms with van der Waals surface area (Å²) in [6.07, 6.45) is 0. The van der Waals surface area contributed by atoms with E-state index in [1.807, 2.05) is 0 Å². The van der Waals surface area contributed by atoms with Crippen LogP contribution in [0.1, 0.15) is 0 Å². The number of rotatable bonds is 5. The summed E-state index contributed by atoms with van der Waals surface area (Å²) in [5.74, 6) is -0.725. The van der Waals surface area contributed by atoms with Gasteiger partial charge in [-0.15, -0.1) is 11.3 Å². The van der Waals surface area contributed by atoms with Crippen LogP contribution in [0.3, 0.4) is 0 Å². The molecule has 0 aliphatic rings. The maximum Gasteiger partial charge on any atom is 0.326 e. The minimum Gasteiger partial charge on any atom is -0.424 e. The van der Waals surface area contributed by atoms with Crippen molar-refractivity contribution in [3.8, 4) is 5.75 Å². The first kappa shape index (κ1) is 18.5. The minimum absolute atomic E-state index is 0.0404. The van der Waals surface area contributed by atoms with Crippen molar-refractivity contribution in [1.29, 1.82) is 0 Å². The van der Waals surface area contributed by atoms with Crippen molar-refractivity contribution in [2.45, 2.75) is 4.21 Å². The number of nitrogens with zero attached hydrogens (tertiary/aromatic N) is 1. The first-order valence-corrected chi connectivity index (χ1v) is 9.46. The third kappa shape index (κ3) is 4.59. The van der Waals surface area contributed by atoms with Crippen LogP contribution in [0.25, 0.3) is 0 Å². The van der Waals surface area contributed by atoms with Gasteiger partial charge in [0.2, 0.25) is 0 Å². The Kier molecular flexibility index (Phi) is 5.94. The molecule has 0 radical (unpaired) electrons. The van der Waals surface area contributed by atoms with Crippen LogP contribution in [0.4, 0.5) is 0 Å². The zero-order chi connectivity index (χ0) is 17.2. The molecule has 0 N–H and O–H groups in total. The highest BCUT2D eigenvalue weighted by atomic mass is 35.5. The van der Waals surface area contributed by atoms with Crippen LogP contribution in [0.2, 0.25) is 14.4 Å². The molecule has 0 bridgehead atoms. The van der Waals surface area contributed by atoms with E-state index in [1.165, 1.54) is 31.3 Å². The monoisotopic (exact) mass is 413 g/mol. The highest BCUT2D eigenvalue weighted by Gasteiger charge is 2.25. The molecule has 0 unspecified atom stereocenters. The first-order valence-electron chi connectivity index (χ1n) is 6.07. The molecule has 0 saturated heterocycles. The number of sulfonamides is 1. The van der Waals surface area contributed by atoms with Gasteiger partial charge in [0, 0.05) is 18.1 Å². The molecule has 124 valence electrons. The van der Waals surface area contributed by atoms with Gasteiger partial charge in [0.15, 0.2) is 5.75 Å². The third-order valence-corrected chi connectivity index (χ3v) is 6.73. The Morgan fingerprint density at radius 3 is 2.52 bits per heavy atom. The van der Waals surface area contributed by atoms with E-state index in [2.05, 4.69) is 0 Å². The number of carbonyl (C=O) groups is 1. The van der Waals surface area contributed by atoms with Crippen molar-refractivity contribution in [1.82, 2.24) is 4.31 Å². The Morgan fingerprint density at radius 1 is 1.22 bits per heavy atom. The Hall–Kier alpha value is -0.830. The lowest BCUT2D eigenvalue weighted by atomic mass is 10.3. The lowest BCUT2D eigenvalue weighted by molar-refractivity contribution is -0.134. The fraction of sp³-hybridized carbons (Fsp3) is 0.154. The smallest absolute Gasteiger partial charge is 0.326 e. The second-order valence-electron chi connectivity index (χ2n) is 4.37. The molecule has 0 spiro atoms. The van der Waals surface area contributed by atoms with Crippen molar-refractivity contribution in [2.24, 2.45) is 0 Å². The van der Waals surface area contributed by atoms with Gasteiger partial charge in [-0.25, -0.2) is 8.42 Å². The van der Waals surface area contributed by atoms with Crippen LogP contribution >= 0.6 is 46.1 Å². The Balaban J connectivity index is 2.09. The van der Waals surface area contributed by atoms with E-state index >= 15 is 0 Å². The number of halogens is 3. The number of likely N-dealkylation sites (N-methyl/N-ethyl adjacent to an activating group) is 1. The van der Waals surface area contributed by atoms with E-state index in [-0.39, 0.29) is 15.0 Å². The Bertz CT molecular complexity index is 835. The summed E-state index contributed by atoms with van der Waals surface area (Å²) >= 11 is 18.3. The number of hydrogen-bond acceptors (Lipinski definition) is 5. The van der Waals surface area contributed by atoms with E-state index in [4.69, 9.17) is 39.5 Å². The van der Waals surface area contributed by atoms with E-state index in [0.717, 1.165) is 15.6 Å². The summed E-state index contributed by atoms with van der Waals surface area (Å²) in [7, 11) is -2.55. The van der Waals surface area contributed by atoms with Gasteiger partial charge in [-0.3, -0.25) is 4.79 Å². The summed E-state index contributed by atoms with van der Waals surface area (Å²) < 4.78 is 30.9. The molecular weight excluding hydrogens is 405 g/mol. The standard InChI is InChI=1S/C13H10Cl3NO4S2/c1-17(23(19,20)13-5-4-11(16)22-13)7-12(18)21-10-6-8(14)2-3-9(10)15/h2-6H,7H2,1H3. The fourth-order valence-electron chi connectivity index (χ4n) is 1.57. The van der Waals surface area contributed by atoms with E-state index in [0.29, 0.717) is 9.36 Å². The summed E-state index contributed by atoms with van der Waals surface area (Å²) in [6, 6.07) is 7.23. The number of benzene rings is 1. The maximum atomic E-state index is 12.3. The maximum absolute atomic E-state index is 12.3. The molecule has 0 aliphatic carbocycles. The van der Waals surface area contributed by atoms with Crippen LogP contribution in [0, 0.1) is 0 Å². The van der Waals surface area contributed by atoms with Gasteiger partial charge >= 0.3 is 5.97 Å². The summed E-state index contributed by atoms with van der Waals surface area (Å²) in [5.41, 5.74) is 0. The molecule has 5 nitrogen and oxygen atoms in total. The average Bonchev–Trinajstić information content (AvgIpc) is 2.90. The normalized spacial score (nSPS) is 11.7. The fourth-order valence-corrected chi connectivity index (χ4v) is 4.69. The average molecular weight is 415 g/mol. The molecule has 1 aromatic heterocycles. The summed E-state index contributed by atoms with van der Waals surface area (Å²) in [5, 5.41) is 0.532. The molecule has 0 atom stereocenters. The van der Waals surface area contributed by atoms with Crippen LogP contribution in [-0.4, -0.2) is 32.3 Å². The molecular formula is C13H10Cl3NO4S2. The van der Waals surface area contributed by atoms with Crippen molar-refractivity contribution in [3.63, 3.8) is 0 Å². The Labute approximate surface area is 152 Å². The van der Waals surface area contributed by atoms with E-state index in [9.17, 15) is 13.2 Å². The molecule has 1 aromatic carbocycles. The number of carbonyl (C=O) groups excluding carboxylic acids is 1. The van der Waals surface area contributed by atoms with Crippen LogP contribution in [0.5, 0.6) is 5.75 Å². The lowest BCUT2D eigenvalue weighted by Gasteiger charge is -2.15. The predicted octanol–water partition coefficient (Wildman–Crippen LogP) is 3.93. The zero-order valence-electron chi connectivity index (χ0n) is 11.6. The van der Waals surface area contributed by atoms with Crippen LogP contribution in [-0.2, 0) is 14.8 Å². The first-order chi connectivity index (χ1) is 10.7. The summed E-state index contributed by atoms with van der Waals surface area (Å²) in [4.78, 5) is 11.9. The number of ether oxygens (including phenoxy) is 1. The lowest BCUT2D eigenvalue weighted by Crippen LogP contribution is -2.33. The van der Waals surface area contributed by atoms with Gasteiger partial charge in [-0.05, 0) is 24.3 Å². The molecule has 0 aliphatic heterocycles. The highest BCUT2D eigenvalue weighted by molar-refractivity contribution is 7.91. The molecule has 2 rings (SSSR count). The topological polar surface area (TPSA) is 63.7 Å². The van der Waals surface area contributed by atoms with Crippen molar-refractivity contribution < 1.29 is 17.9 Å². The predicted molar refractivity (Wildman–Crippen MR) is 91.2 cm³/mol. The van der Waals surface area contributed by atoms with Crippen molar-refractivity contribution in [3.05, 3.63) is 44.7 Å². The highest BCUT2D eigenvalue weighted by Crippen LogP contribution is 2.29. The number of thiophene rings is 1. The molecule has 0 amide bonds. The van der Waals surface area contributed by atoms with Gasteiger partial charge in [0.1, 0.15) is 10.8 Å². The summed E-state index contributed by atoms with van der Waals surface area (Å²) in [6.45, 7) is -0.485. The van der Waals surface area contributed by atoms with Gasteiger partial charge in [0.05, 0.1) is 9.36 Å². The largest absolute Gasteiger partial charge is 0.424 e. The molecule has 2 aromatic rings. The molecule has 23 heavy (non-hydrogen) atoms. The van der Waals surface area contributed by atoms with Crippen LogP contribution in [0.15, 0.2) is 34.5 Å². The van der Waals surface area contributed by atoms with Gasteiger partial charge in [-0.1, -0.05) is 34.8 Å². The van der Waals surface area contributed by atoms with E-state index in [1.54, 1.807) is 6.07 Å². The van der Waals surface area contributed by atoms with Crippen molar-refractivity contribution >= 4 is 62.1 Å². The van der Waals surface area contributed by atoms with Crippen LogP contribution < -0.4 is 4.74 Å². The van der Waals surface area contributed by atoms with Gasteiger partial charge in [0.25, 0.3) is 10.0 Å². The second kappa shape index (κ2) is 7.38. The third-order valence-electron chi connectivity index (χ3n) is 2.68. The zero-order valence-corrected chi connectivity index (χ0v) is 15.5.